The predicted molar refractivity (Wildman–Crippen MR) is 52.9 cm³/mol. The van der Waals surface area contributed by atoms with Crippen LogP contribution in [-0.4, -0.2) is 38.5 Å². The highest BCUT2D eigenvalue weighted by Gasteiger charge is 2.31. The van der Waals surface area contributed by atoms with Gasteiger partial charge in [-0.1, -0.05) is 6.92 Å². The number of hydrogen-bond donors (Lipinski definition) is 1. The van der Waals surface area contributed by atoms with E-state index in [-0.39, 0.29) is 11.7 Å². The second kappa shape index (κ2) is 4.40. The van der Waals surface area contributed by atoms with Crippen molar-refractivity contribution in [1.29, 1.82) is 0 Å². The van der Waals surface area contributed by atoms with Crippen LogP contribution in [0, 0.1) is 5.92 Å². The smallest absolute Gasteiger partial charge is 0.0754 e. The van der Waals surface area contributed by atoms with Crippen molar-refractivity contribution in [2.45, 2.75) is 32.5 Å². The maximum atomic E-state index is 5.95. The monoisotopic (exact) mass is 187 g/mol. The highest BCUT2D eigenvalue weighted by Crippen LogP contribution is 2.20. The first-order valence-corrected chi connectivity index (χ1v) is 4.92. The van der Waals surface area contributed by atoms with Crippen LogP contribution >= 0.6 is 0 Å². The lowest BCUT2D eigenvalue weighted by molar-refractivity contribution is -0.121. The number of morpholine rings is 1. The van der Waals surface area contributed by atoms with E-state index in [1.807, 2.05) is 0 Å². The first-order chi connectivity index (χ1) is 6.05. The molecule has 0 aliphatic carbocycles. The molecule has 1 saturated heterocycles. The SMILES string of the molecule is COCC(C)C1CNCC(C)(C)O1. The molecule has 3 heteroatoms. The normalized spacial score (nSPS) is 30.0. The molecule has 0 bridgehead atoms. The van der Waals surface area contributed by atoms with Crippen LogP contribution in [0.4, 0.5) is 0 Å². The molecule has 1 heterocycles. The molecular weight excluding hydrogens is 166 g/mol. The summed E-state index contributed by atoms with van der Waals surface area (Å²) in [6, 6.07) is 0. The standard InChI is InChI=1S/C10H21NO2/c1-8(6-12-4)9-5-11-7-10(2,3)13-9/h8-9,11H,5-7H2,1-4H3. The first-order valence-electron chi connectivity index (χ1n) is 4.92. The summed E-state index contributed by atoms with van der Waals surface area (Å²) < 4.78 is 11.1. The zero-order valence-corrected chi connectivity index (χ0v) is 9.09. The third-order valence-electron chi connectivity index (χ3n) is 2.43. The quantitative estimate of drug-likeness (QED) is 0.716. The van der Waals surface area contributed by atoms with Gasteiger partial charge in [0.1, 0.15) is 0 Å². The molecule has 0 aromatic heterocycles. The predicted octanol–water partition coefficient (Wildman–Crippen LogP) is 1.04. The van der Waals surface area contributed by atoms with Crippen LogP contribution in [0.1, 0.15) is 20.8 Å². The van der Waals surface area contributed by atoms with E-state index >= 15 is 0 Å². The molecule has 0 radical (unpaired) electrons. The van der Waals surface area contributed by atoms with Crippen LogP contribution in [0.15, 0.2) is 0 Å². The Balaban J connectivity index is 2.42. The van der Waals surface area contributed by atoms with Crippen LogP contribution in [0.5, 0.6) is 0 Å². The van der Waals surface area contributed by atoms with Gasteiger partial charge in [-0.2, -0.15) is 0 Å². The van der Waals surface area contributed by atoms with E-state index in [1.165, 1.54) is 0 Å². The Morgan fingerprint density at radius 1 is 1.62 bits per heavy atom. The Hall–Kier alpha value is -0.120. The van der Waals surface area contributed by atoms with Gasteiger partial charge < -0.3 is 14.8 Å². The van der Waals surface area contributed by atoms with Gasteiger partial charge in [0.25, 0.3) is 0 Å². The average Bonchev–Trinajstić information content (AvgIpc) is 2.03. The van der Waals surface area contributed by atoms with Gasteiger partial charge in [0, 0.05) is 26.1 Å². The van der Waals surface area contributed by atoms with Crippen molar-refractivity contribution in [2.24, 2.45) is 5.92 Å². The maximum Gasteiger partial charge on any atom is 0.0754 e. The molecule has 2 unspecified atom stereocenters. The minimum Gasteiger partial charge on any atom is -0.384 e. The summed E-state index contributed by atoms with van der Waals surface area (Å²) in [4.78, 5) is 0. The Morgan fingerprint density at radius 3 is 2.85 bits per heavy atom. The summed E-state index contributed by atoms with van der Waals surface area (Å²) >= 11 is 0. The summed E-state index contributed by atoms with van der Waals surface area (Å²) in [5, 5.41) is 3.38. The Kier molecular flexibility index (Phi) is 3.71. The van der Waals surface area contributed by atoms with Crippen molar-refractivity contribution >= 4 is 0 Å². The summed E-state index contributed by atoms with van der Waals surface area (Å²) in [7, 11) is 1.73. The lowest BCUT2D eigenvalue weighted by Gasteiger charge is -2.39. The average molecular weight is 187 g/mol. The molecule has 3 nitrogen and oxygen atoms in total. The topological polar surface area (TPSA) is 30.5 Å². The van der Waals surface area contributed by atoms with Crippen molar-refractivity contribution in [3.8, 4) is 0 Å². The van der Waals surface area contributed by atoms with Crippen LogP contribution in [0.3, 0.4) is 0 Å². The molecule has 2 atom stereocenters. The van der Waals surface area contributed by atoms with E-state index in [1.54, 1.807) is 7.11 Å². The third-order valence-corrected chi connectivity index (χ3v) is 2.43. The van der Waals surface area contributed by atoms with E-state index in [9.17, 15) is 0 Å². The van der Waals surface area contributed by atoms with Gasteiger partial charge in [-0.05, 0) is 13.8 Å². The number of nitrogens with one attached hydrogen (secondary N) is 1. The molecule has 0 aromatic carbocycles. The van der Waals surface area contributed by atoms with Crippen LogP contribution in [0.2, 0.25) is 0 Å². The van der Waals surface area contributed by atoms with E-state index < -0.39 is 0 Å². The molecule has 0 spiro atoms. The molecule has 78 valence electrons. The molecular formula is C10H21NO2. The third kappa shape index (κ3) is 3.25. The van der Waals surface area contributed by atoms with Gasteiger partial charge in [0.15, 0.2) is 0 Å². The molecule has 0 saturated carbocycles. The van der Waals surface area contributed by atoms with Crippen molar-refractivity contribution in [1.82, 2.24) is 5.32 Å². The second-order valence-electron chi connectivity index (χ2n) is 4.48. The molecule has 1 aliphatic rings. The maximum absolute atomic E-state index is 5.95. The van der Waals surface area contributed by atoms with E-state index in [0.717, 1.165) is 19.7 Å². The molecule has 0 amide bonds. The van der Waals surface area contributed by atoms with Gasteiger partial charge in [0.05, 0.1) is 18.3 Å². The number of ether oxygens (including phenoxy) is 2. The Labute approximate surface area is 80.8 Å². The van der Waals surface area contributed by atoms with E-state index in [4.69, 9.17) is 9.47 Å². The number of hydrogen-bond acceptors (Lipinski definition) is 3. The summed E-state index contributed by atoms with van der Waals surface area (Å²) in [5.41, 5.74) is -0.0368. The Morgan fingerprint density at radius 2 is 2.31 bits per heavy atom. The zero-order chi connectivity index (χ0) is 9.90. The van der Waals surface area contributed by atoms with Crippen LogP contribution in [0.25, 0.3) is 0 Å². The molecule has 1 fully saturated rings. The number of methoxy groups -OCH3 is 1. The van der Waals surface area contributed by atoms with Gasteiger partial charge in [-0.25, -0.2) is 0 Å². The fraction of sp³-hybridized carbons (Fsp3) is 1.00. The fourth-order valence-corrected chi connectivity index (χ4v) is 1.70. The highest BCUT2D eigenvalue weighted by atomic mass is 16.5. The lowest BCUT2D eigenvalue weighted by Crippen LogP contribution is -2.53. The summed E-state index contributed by atoms with van der Waals surface area (Å²) in [5.74, 6) is 0.456. The van der Waals surface area contributed by atoms with Crippen LogP contribution in [-0.2, 0) is 9.47 Å². The van der Waals surface area contributed by atoms with Crippen LogP contribution < -0.4 is 5.32 Å². The van der Waals surface area contributed by atoms with Crippen molar-refractivity contribution in [3.63, 3.8) is 0 Å². The lowest BCUT2D eigenvalue weighted by atomic mass is 10.0. The van der Waals surface area contributed by atoms with Gasteiger partial charge in [0.2, 0.25) is 0 Å². The molecule has 0 aromatic rings. The number of rotatable bonds is 3. The largest absolute Gasteiger partial charge is 0.384 e. The minimum absolute atomic E-state index is 0.0368. The zero-order valence-electron chi connectivity index (χ0n) is 9.09. The molecule has 13 heavy (non-hydrogen) atoms. The molecule has 1 aliphatic heterocycles. The van der Waals surface area contributed by atoms with E-state index in [0.29, 0.717) is 5.92 Å². The van der Waals surface area contributed by atoms with E-state index in [2.05, 4.69) is 26.1 Å². The molecule has 1 N–H and O–H groups in total. The minimum atomic E-state index is -0.0368. The Bertz CT molecular complexity index is 159. The highest BCUT2D eigenvalue weighted by molar-refractivity contribution is 4.83. The van der Waals surface area contributed by atoms with Crippen molar-refractivity contribution in [3.05, 3.63) is 0 Å². The summed E-state index contributed by atoms with van der Waals surface area (Å²) in [6.07, 6.45) is 0.281. The second-order valence-corrected chi connectivity index (χ2v) is 4.48. The van der Waals surface area contributed by atoms with Crippen molar-refractivity contribution < 1.29 is 9.47 Å². The fourth-order valence-electron chi connectivity index (χ4n) is 1.70. The van der Waals surface area contributed by atoms with Gasteiger partial charge in [-0.3, -0.25) is 0 Å². The summed E-state index contributed by atoms with van der Waals surface area (Å²) in [6.45, 7) is 9.04. The molecule has 1 rings (SSSR count). The van der Waals surface area contributed by atoms with Gasteiger partial charge in [-0.15, -0.1) is 0 Å². The first kappa shape index (κ1) is 11.0. The van der Waals surface area contributed by atoms with Crippen molar-refractivity contribution in [2.75, 3.05) is 26.8 Å². The van der Waals surface area contributed by atoms with Gasteiger partial charge >= 0.3 is 0 Å².